The lowest BCUT2D eigenvalue weighted by atomic mass is 9.93. The quantitative estimate of drug-likeness (QED) is 0.307. The van der Waals surface area contributed by atoms with Crippen LogP contribution in [0.25, 0.3) is 0 Å². The first kappa shape index (κ1) is 25.7. The Kier molecular flexibility index (Phi) is 7.45. The van der Waals surface area contributed by atoms with E-state index >= 15 is 0 Å². The van der Waals surface area contributed by atoms with Gasteiger partial charge in [-0.15, -0.1) is 0 Å². The standard InChI is InChI=1S/C24H23F2N5O6/c1-24(13-32,14-33)12-31-22(34)28-21(30(23(31)35)11-15-2-4-16(25)5-3-15)27-17-6-7-19(18(26)10-17)37-20-8-9-36-29-20/h2-10,32-33H,11-14H2,1H3,(H,27,28,34). The molecule has 0 saturated heterocycles. The van der Waals surface area contributed by atoms with Gasteiger partial charge in [-0.2, -0.15) is 0 Å². The maximum Gasteiger partial charge on any atom is 0.335 e. The van der Waals surface area contributed by atoms with E-state index in [1.54, 1.807) is 0 Å². The number of benzene rings is 2. The second kappa shape index (κ2) is 10.7. The summed E-state index contributed by atoms with van der Waals surface area (Å²) in [6.07, 6.45) is 1.26. The van der Waals surface area contributed by atoms with Gasteiger partial charge in [0.25, 0.3) is 5.88 Å². The SMILES string of the molecule is CC(CO)(CO)Cn1c(=O)[nH]/c(=N\c2ccc(Oc3ccon3)c(F)c2)n(Cc2ccc(F)cc2)c1=O. The van der Waals surface area contributed by atoms with E-state index in [2.05, 4.69) is 19.7 Å². The second-order valence-corrected chi connectivity index (χ2v) is 8.63. The molecule has 0 bridgehead atoms. The lowest BCUT2D eigenvalue weighted by molar-refractivity contribution is 0.0526. The first-order valence-electron chi connectivity index (χ1n) is 11.0. The van der Waals surface area contributed by atoms with Crippen LogP contribution in [0, 0.1) is 17.0 Å². The van der Waals surface area contributed by atoms with E-state index in [0.717, 1.165) is 15.2 Å². The summed E-state index contributed by atoms with van der Waals surface area (Å²) in [6.45, 7) is 0.135. The zero-order valence-corrected chi connectivity index (χ0v) is 19.6. The Morgan fingerprint density at radius 3 is 2.43 bits per heavy atom. The average molecular weight is 515 g/mol. The monoisotopic (exact) mass is 515 g/mol. The highest BCUT2D eigenvalue weighted by molar-refractivity contribution is 5.43. The molecule has 0 saturated carbocycles. The van der Waals surface area contributed by atoms with Crippen molar-refractivity contribution in [3.05, 3.63) is 98.6 Å². The van der Waals surface area contributed by atoms with E-state index in [-0.39, 0.29) is 36.0 Å². The number of nitrogens with zero attached hydrogens (tertiary/aromatic N) is 4. The van der Waals surface area contributed by atoms with Crippen LogP contribution in [0.3, 0.4) is 0 Å². The van der Waals surface area contributed by atoms with Crippen LogP contribution >= 0.6 is 0 Å². The van der Waals surface area contributed by atoms with Crippen molar-refractivity contribution in [1.29, 1.82) is 0 Å². The van der Waals surface area contributed by atoms with E-state index in [1.807, 2.05) is 0 Å². The minimum Gasteiger partial charge on any atom is -0.433 e. The smallest absolute Gasteiger partial charge is 0.335 e. The number of halogens is 2. The van der Waals surface area contributed by atoms with Gasteiger partial charge in [-0.1, -0.05) is 19.1 Å². The molecule has 37 heavy (non-hydrogen) atoms. The molecule has 2 aromatic heterocycles. The predicted molar refractivity (Wildman–Crippen MR) is 125 cm³/mol. The molecule has 0 radical (unpaired) electrons. The Morgan fingerprint density at radius 2 is 1.81 bits per heavy atom. The molecule has 194 valence electrons. The van der Waals surface area contributed by atoms with E-state index < -0.39 is 41.6 Å². The molecule has 0 aliphatic carbocycles. The van der Waals surface area contributed by atoms with Crippen LogP contribution in [0.5, 0.6) is 11.6 Å². The fourth-order valence-corrected chi connectivity index (χ4v) is 3.36. The largest absolute Gasteiger partial charge is 0.433 e. The van der Waals surface area contributed by atoms with Crippen molar-refractivity contribution >= 4 is 5.69 Å². The summed E-state index contributed by atoms with van der Waals surface area (Å²) in [6, 6.07) is 10.5. The summed E-state index contributed by atoms with van der Waals surface area (Å²) in [5.41, 5.74) is -2.43. The maximum atomic E-state index is 14.6. The third-order valence-electron chi connectivity index (χ3n) is 5.52. The van der Waals surface area contributed by atoms with Crippen LogP contribution < -0.4 is 21.7 Å². The molecule has 4 rings (SSSR count). The van der Waals surface area contributed by atoms with E-state index in [1.165, 1.54) is 55.7 Å². The summed E-state index contributed by atoms with van der Waals surface area (Å²) in [7, 11) is 0. The molecule has 0 fully saturated rings. The first-order valence-corrected chi connectivity index (χ1v) is 11.0. The summed E-state index contributed by atoms with van der Waals surface area (Å²) in [5.74, 6) is -1.36. The molecule has 0 aliphatic heterocycles. The van der Waals surface area contributed by atoms with Crippen LogP contribution in [-0.2, 0) is 13.1 Å². The van der Waals surface area contributed by atoms with Gasteiger partial charge in [0.2, 0.25) is 5.62 Å². The van der Waals surface area contributed by atoms with Gasteiger partial charge in [-0.3, -0.25) is 9.55 Å². The van der Waals surface area contributed by atoms with Crippen molar-refractivity contribution in [1.82, 2.24) is 19.3 Å². The zero-order valence-electron chi connectivity index (χ0n) is 19.6. The molecule has 0 spiro atoms. The van der Waals surface area contributed by atoms with Gasteiger partial charge in [0.15, 0.2) is 11.6 Å². The van der Waals surface area contributed by atoms with Gasteiger partial charge >= 0.3 is 11.4 Å². The van der Waals surface area contributed by atoms with Gasteiger partial charge in [-0.25, -0.2) is 27.9 Å². The number of H-pyrrole nitrogens is 1. The van der Waals surface area contributed by atoms with Gasteiger partial charge in [0.1, 0.15) is 12.1 Å². The molecule has 11 nitrogen and oxygen atoms in total. The lowest BCUT2D eigenvalue weighted by Gasteiger charge is -2.25. The van der Waals surface area contributed by atoms with Crippen molar-refractivity contribution in [3.63, 3.8) is 0 Å². The summed E-state index contributed by atoms with van der Waals surface area (Å²) in [4.78, 5) is 32.9. The van der Waals surface area contributed by atoms with Crippen molar-refractivity contribution < 1.29 is 28.3 Å². The number of hydrogen-bond acceptors (Lipinski definition) is 8. The second-order valence-electron chi connectivity index (χ2n) is 8.63. The lowest BCUT2D eigenvalue weighted by Crippen LogP contribution is -2.52. The molecule has 4 aromatic rings. The molecule has 0 unspecified atom stereocenters. The molecule has 0 amide bonds. The number of nitrogens with one attached hydrogen (secondary N) is 1. The maximum absolute atomic E-state index is 14.6. The number of hydrogen-bond donors (Lipinski definition) is 3. The van der Waals surface area contributed by atoms with Crippen molar-refractivity contribution in [2.45, 2.75) is 20.0 Å². The third-order valence-corrected chi connectivity index (χ3v) is 5.52. The topological polar surface area (TPSA) is 148 Å². The Morgan fingerprint density at radius 1 is 1.08 bits per heavy atom. The van der Waals surface area contributed by atoms with Crippen LogP contribution in [0.1, 0.15) is 12.5 Å². The minimum absolute atomic E-state index is 0.0476. The highest BCUT2D eigenvalue weighted by atomic mass is 19.1. The molecule has 0 atom stereocenters. The number of aliphatic hydroxyl groups excluding tert-OH is 2. The number of aromatic amines is 1. The molecule has 2 heterocycles. The normalized spacial score (nSPS) is 12.2. The molecule has 3 N–H and O–H groups in total. The van der Waals surface area contributed by atoms with Gasteiger partial charge in [-0.05, 0) is 35.0 Å². The molecular formula is C24H23F2N5O6. The van der Waals surface area contributed by atoms with Crippen molar-refractivity contribution in [3.8, 4) is 11.6 Å². The van der Waals surface area contributed by atoms with Crippen LogP contribution in [0.4, 0.5) is 14.5 Å². The minimum atomic E-state index is -1.16. The van der Waals surface area contributed by atoms with E-state index in [9.17, 15) is 28.6 Å². The average Bonchev–Trinajstić information content (AvgIpc) is 3.40. The Balaban J connectivity index is 1.81. The Bertz CT molecular complexity index is 1550. The fourth-order valence-electron chi connectivity index (χ4n) is 3.36. The Labute approximate surface area is 207 Å². The zero-order chi connectivity index (χ0) is 26.6. The van der Waals surface area contributed by atoms with Gasteiger partial charge in [0, 0.05) is 24.1 Å². The van der Waals surface area contributed by atoms with Crippen LogP contribution in [0.15, 0.2) is 73.9 Å². The Hall–Kier alpha value is -4.36. The molecular weight excluding hydrogens is 492 g/mol. The highest BCUT2D eigenvalue weighted by Crippen LogP contribution is 2.26. The highest BCUT2D eigenvalue weighted by Gasteiger charge is 2.26. The van der Waals surface area contributed by atoms with E-state index in [0.29, 0.717) is 5.56 Å². The predicted octanol–water partition coefficient (Wildman–Crippen LogP) is 1.67. The molecule has 13 heteroatoms. The number of aromatic nitrogens is 4. The fraction of sp³-hybridized carbons (Fsp3) is 0.250. The van der Waals surface area contributed by atoms with Crippen LogP contribution in [0.2, 0.25) is 0 Å². The van der Waals surface area contributed by atoms with Gasteiger partial charge < -0.3 is 19.5 Å². The van der Waals surface area contributed by atoms with Crippen molar-refractivity contribution in [2.75, 3.05) is 13.2 Å². The number of rotatable bonds is 9. The van der Waals surface area contributed by atoms with Crippen molar-refractivity contribution in [2.24, 2.45) is 10.4 Å². The first-order chi connectivity index (χ1) is 17.7. The summed E-state index contributed by atoms with van der Waals surface area (Å²) >= 11 is 0. The van der Waals surface area contributed by atoms with E-state index in [4.69, 9.17) is 4.74 Å². The molecule has 0 aliphatic rings. The van der Waals surface area contributed by atoms with Crippen LogP contribution in [-0.4, -0.2) is 42.7 Å². The third kappa shape index (κ3) is 5.90. The number of aliphatic hydroxyl groups is 2. The summed E-state index contributed by atoms with van der Waals surface area (Å²) in [5, 5.41) is 22.8. The van der Waals surface area contributed by atoms with Gasteiger partial charge in [0.05, 0.1) is 25.4 Å². The summed E-state index contributed by atoms with van der Waals surface area (Å²) < 4.78 is 39.9. The molecule has 2 aromatic carbocycles. The number of ether oxygens (including phenoxy) is 1.